The van der Waals surface area contributed by atoms with E-state index in [1.54, 1.807) is 6.08 Å². The molecule has 0 heterocycles. The SMILES string of the molecule is CC/C=C/C/C=C/C/C=C/CC(=O)OCC(COCCC(C(=O)O)[N+](C)(C)C)OC(=O)CCCCCCCCCCCCCCCCCCCCCCCC. The molecule has 0 fully saturated rings. The third-order valence-electron chi connectivity index (χ3n) is 10.1. The zero-order valence-corrected chi connectivity index (χ0v) is 36.4. The first-order chi connectivity index (χ1) is 26.6. The summed E-state index contributed by atoms with van der Waals surface area (Å²) in [5, 5.41) is 9.60. The molecule has 0 radical (unpaired) electrons. The maximum atomic E-state index is 12.7. The molecule has 0 aliphatic carbocycles. The Kier molecular flexibility index (Phi) is 36.7. The fraction of sp³-hybridized carbons (Fsp3) is 0.809. The van der Waals surface area contributed by atoms with Gasteiger partial charge in [-0.15, -0.1) is 0 Å². The number of nitrogens with zero attached hydrogens (tertiary/aromatic N) is 1. The maximum absolute atomic E-state index is 12.7. The summed E-state index contributed by atoms with van der Waals surface area (Å²) in [6, 6.07) is -0.623. The second kappa shape index (κ2) is 38.4. The van der Waals surface area contributed by atoms with Crippen LogP contribution in [0, 0.1) is 0 Å². The number of likely N-dealkylation sites (N-methyl/N-ethyl adjacent to an activating group) is 1. The summed E-state index contributed by atoms with van der Waals surface area (Å²) in [7, 11) is 5.50. The van der Waals surface area contributed by atoms with E-state index < -0.39 is 24.1 Å². The Morgan fingerprint density at radius 3 is 1.44 bits per heavy atom. The zero-order valence-electron chi connectivity index (χ0n) is 36.4. The van der Waals surface area contributed by atoms with Gasteiger partial charge >= 0.3 is 17.9 Å². The summed E-state index contributed by atoms with van der Waals surface area (Å²) in [5.74, 6) is -1.61. The van der Waals surface area contributed by atoms with Crippen LogP contribution in [0.15, 0.2) is 36.5 Å². The van der Waals surface area contributed by atoms with Gasteiger partial charge in [-0.25, -0.2) is 4.79 Å². The molecule has 320 valence electrons. The molecule has 0 aromatic heterocycles. The number of unbranched alkanes of at least 4 members (excludes halogenated alkanes) is 21. The maximum Gasteiger partial charge on any atom is 0.362 e. The van der Waals surface area contributed by atoms with Crippen LogP contribution < -0.4 is 0 Å². The smallest absolute Gasteiger partial charge is 0.362 e. The Labute approximate surface area is 338 Å². The summed E-state index contributed by atoms with van der Waals surface area (Å²) in [6.07, 6.45) is 43.9. The quantitative estimate of drug-likeness (QED) is 0.0286. The van der Waals surface area contributed by atoms with Gasteiger partial charge in [-0.1, -0.05) is 185 Å². The number of quaternary nitrogens is 1. The molecule has 55 heavy (non-hydrogen) atoms. The lowest BCUT2D eigenvalue weighted by Crippen LogP contribution is -2.50. The van der Waals surface area contributed by atoms with Gasteiger partial charge in [0.15, 0.2) is 12.1 Å². The molecule has 8 nitrogen and oxygen atoms in total. The van der Waals surface area contributed by atoms with Crippen LogP contribution in [0.1, 0.15) is 194 Å². The van der Waals surface area contributed by atoms with Crippen molar-refractivity contribution in [1.82, 2.24) is 0 Å². The highest BCUT2D eigenvalue weighted by atomic mass is 16.6. The predicted molar refractivity (Wildman–Crippen MR) is 229 cm³/mol. The van der Waals surface area contributed by atoms with E-state index in [0.29, 0.717) is 12.8 Å². The van der Waals surface area contributed by atoms with Crippen LogP contribution in [-0.4, -0.2) is 80.6 Å². The Morgan fingerprint density at radius 1 is 0.564 bits per heavy atom. The van der Waals surface area contributed by atoms with Crippen LogP contribution in [-0.2, 0) is 28.6 Å². The van der Waals surface area contributed by atoms with E-state index >= 15 is 0 Å². The number of ether oxygens (including phenoxy) is 3. The van der Waals surface area contributed by atoms with Crippen LogP contribution >= 0.6 is 0 Å². The van der Waals surface area contributed by atoms with E-state index in [1.807, 2.05) is 27.2 Å². The number of carboxylic acid groups (broad SMARTS) is 1. The van der Waals surface area contributed by atoms with E-state index in [1.165, 1.54) is 122 Å². The number of carboxylic acids is 1. The lowest BCUT2D eigenvalue weighted by molar-refractivity contribution is -0.887. The van der Waals surface area contributed by atoms with E-state index in [9.17, 15) is 19.5 Å². The Balaban J connectivity index is 4.21. The molecule has 1 N–H and O–H groups in total. The summed E-state index contributed by atoms with van der Waals surface area (Å²) in [4.78, 5) is 36.8. The van der Waals surface area contributed by atoms with Crippen LogP contribution in [0.2, 0.25) is 0 Å². The number of carbonyl (C=O) groups is 3. The minimum absolute atomic E-state index is 0.0367. The molecule has 0 saturated carbocycles. The number of allylic oxidation sites excluding steroid dienone is 5. The van der Waals surface area contributed by atoms with Crippen molar-refractivity contribution in [1.29, 1.82) is 0 Å². The minimum atomic E-state index is -0.884. The summed E-state index contributed by atoms with van der Waals surface area (Å²) < 4.78 is 17.1. The topological polar surface area (TPSA) is 99.1 Å². The molecule has 0 aromatic carbocycles. The Bertz CT molecular complexity index is 1000. The van der Waals surface area contributed by atoms with Gasteiger partial charge in [0.2, 0.25) is 0 Å². The van der Waals surface area contributed by atoms with E-state index in [0.717, 1.165) is 38.5 Å². The molecular weight excluding hydrogens is 691 g/mol. The monoisotopic (exact) mass is 777 g/mol. The van der Waals surface area contributed by atoms with Gasteiger partial charge in [-0.2, -0.15) is 0 Å². The van der Waals surface area contributed by atoms with Crippen molar-refractivity contribution in [3.8, 4) is 0 Å². The first kappa shape index (κ1) is 52.6. The van der Waals surface area contributed by atoms with Crippen molar-refractivity contribution in [3.63, 3.8) is 0 Å². The van der Waals surface area contributed by atoms with E-state index in [-0.39, 0.29) is 36.7 Å². The number of aliphatic carboxylic acids is 1. The van der Waals surface area contributed by atoms with Gasteiger partial charge in [-0.05, 0) is 25.7 Å². The van der Waals surface area contributed by atoms with Gasteiger partial charge in [0.1, 0.15) is 6.61 Å². The molecular formula is C47H86NO7+. The van der Waals surface area contributed by atoms with Crippen molar-refractivity contribution in [2.75, 3.05) is 41.0 Å². The average molecular weight is 777 g/mol. The highest BCUT2D eigenvalue weighted by molar-refractivity contribution is 5.72. The molecule has 0 saturated heterocycles. The second-order valence-corrected chi connectivity index (χ2v) is 16.3. The van der Waals surface area contributed by atoms with Gasteiger partial charge in [0, 0.05) is 12.8 Å². The third kappa shape index (κ3) is 36.9. The first-order valence-electron chi connectivity index (χ1n) is 22.5. The molecule has 0 rings (SSSR count). The van der Waals surface area contributed by atoms with Crippen LogP contribution in [0.25, 0.3) is 0 Å². The fourth-order valence-electron chi connectivity index (χ4n) is 6.62. The minimum Gasteiger partial charge on any atom is -0.477 e. The van der Waals surface area contributed by atoms with Crippen molar-refractivity contribution in [2.45, 2.75) is 206 Å². The Morgan fingerprint density at radius 2 is 1.00 bits per heavy atom. The van der Waals surface area contributed by atoms with Crippen LogP contribution in [0.3, 0.4) is 0 Å². The first-order valence-corrected chi connectivity index (χ1v) is 22.5. The highest BCUT2D eigenvalue weighted by Gasteiger charge is 2.31. The third-order valence-corrected chi connectivity index (χ3v) is 10.1. The standard InChI is InChI=1S/C47H85NO7/c1-6-8-10-12-14-16-17-18-19-20-21-22-23-24-25-26-27-28-30-32-34-36-38-46(50)55-43(41-53-40-39-44(47(51)52)48(3,4)5)42-54-45(49)37-35-33-31-29-15-13-11-9-7-2/h9,11,15,29,33,35,43-44H,6-8,10,12-14,16-28,30-32,34,36-42H2,1-5H3/p+1/b11-9+,29-15+,35-33+. The zero-order chi connectivity index (χ0) is 40.7. The lowest BCUT2D eigenvalue weighted by Gasteiger charge is -2.31. The molecule has 0 aromatic rings. The molecule has 0 amide bonds. The number of hydrogen-bond acceptors (Lipinski definition) is 6. The fourth-order valence-corrected chi connectivity index (χ4v) is 6.62. The number of hydrogen-bond donors (Lipinski definition) is 1. The number of esters is 2. The van der Waals surface area contributed by atoms with Crippen LogP contribution in [0.4, 0.5) is 0 Å². The van der Waals surface area contributed by atoms with Crippen molar-refractivity contribution in [2.24, 2.45) is 0 Å². The normalized spacial score (nSPS) is 13.3. The van der Waals surface area contributed by atoms with Gasteiger partial charge in [0.05, 0.1) is 40.8 Å². The highest BCUT2D eigenvalue weighted by Crippen LogP contribution is 2.16. The molecule has 0 aliphatic heterocycles. The largest absolute Gasteiger partial charge is 0.477 e. The predicted octanol–water partition coefficient (Wildman–Crippen LogP) is 12.2. The van der Waals surface area contributed by atoms with Crippen molar-refractivity contribution in [3.05, 3.63) is 36.5 Å². The van der Waals surface area contributed by atoms with Crippen molar-refractivity contribution < 1.29 is 38.2 Å². The average Bonchev–Trinajstić information content (AvgIpc) is 3.14. The number of rotatable bonds is 40. The van der Waals surface area contributed by atoms with Crippen molar-refractivity contribution >= 4 is 17.9 Å². The molecule has 0 spiro atoms. The molecule has 2 unspecified atom stereocenters. The summed E-state index contributed by atoms with van der Waals surface area (Å²) in [6.45, 7) is 4.52. The molecule has 8 heteroatoms. The summed E-state index contributed by atoms with van der Waals surface area (Å²) in [5.41, 5.74) is 0. The second-order valence-electron chi connectivity index (χ2n) is 16.3. The molecule has 2 atom stereocenters. The Hall–Kier alpha value is -2.45. The summed E-state index contributed by atoms with van der Waals surface area (Å²) >= 11 is 0. The van der Waals surface area contributed by atoms with Gasteiger partial charge in [-0.3, -0.25) is 9.59 Å². The van der Waals surface area contributed by atoms with Gasteiger partial charge in [0.25, 0.3) is 0 Å². The molecule has 0 bridgehead atoms. The lowest BCUT2D eigenvalue weighted by atomic mass is 10.0. The van der Waals surface area contributed by atoms with Gasteiger partial charge < -0.3 is 23.8 Å². The van der Waals surface area contributed by atoms with E-state index in [2.05, 4.69) is 38.2 Å². The molecule has 0 aliphatic rings. The van der Waals surface area contributed by atoms with Crippen LogP contribution in [0.5, 0.6) is 0 Å². The van der Waals surface area contributed by atoms with E-state index in [4.69, 9.17) is 14.2 Å². The number of carbonyl (C=O) groups excluding carboxylic acids is 2.